The molecule has 0 aromatic heterocycles. The van der Waals surface area contributed by atoms with Gasteiger partial charge in [0.25, 0.3) is 0 Å². The van der Waals surface area contributed by atoms with Gasteiger partial charge in [-0.1, -0.05) is 12.1 Å². The predicted octanol–water partition coefficient (Wildman–Crippen LogP) is 1.35. The van der Waals surface area contributed by atoms with Crippen LogP contribution in [0.3, 0.4) is 0 Å². The lowest BCUT2D eigenvalue weighted by atomic mass is 10.1. The maximum Gasteiger partial charge on any atom is 0.155 e. The molecule has 1 aromatic rings. The van der Waals surface area contributed by atoms with Gasteiger partial charge in [0.05, 0.1) is 0 Å². The smallest absolute Gasteiger partial charge is 0.155 e. The van der Waals surface area contributed by atoms with Crippen LogP contribution in [-0.2, 0) is 0 Å². The summed E-state index contributed by atoms with van der Waals surface area (Å²) in [4.78, 5) is 7.70. The summed E-state index contributed by atoms with van der Waals surface area (Å²) in [6.07, 6.45) is 0. The zero-order valence-corrected chi connectivity index (χ0v) is 6.99. The van der Waals surface area contributed by atoms with Crippen LogP contribution in [0.5, 0.6) is 0 Å². The fourth-order valence-corrected chi connectivity index (χ4v) is 0.977. The predicted molar refractivity (Wildman–Crippen MR) is 52.9 cm³/mol. The highest BCUT2D eigenvalue weighted by molar-refractivity contribution is 6.05. The lowest BCUT2D eigenvalue weighted by molar-refractivity contribution is 1.39. The molecule has 0 amide bonds. The summed E-state index contributed by atoms with van der Waals surface area (Å²) in [5.41, 5.74) is 7.20. The van der Waals surface area contributed by atoms with E-state index < -0.39 is 0 Å². The molecule has 62 valence electrons. The maximum absolute atomic E-state index is 5.70. The first kappa shape index (κ1) is 8.46. The summed E-state index contributed by atoms with van der Waals surface area (Å²) < 4.78 is 0. The number of benzene rings is 1. The van der Waals surface area contributed by atoms with E-state index in [4.69, 9.17) is 5.73 Å². The summed E-state index contributed by atoms with van der Waals surface area (Å²) in [5.74, 6) is 0.577. The number of aliphatic imine (C=N–C) groups is 2. The van der Waals surface area contributed by atoms with Crippen LogP contribution >= 0.6 is 0 Å². The van der Waals surface area contributed by atoms with Crippen molar-refractivity contribution in [2.24, 2.45) is 9.98 Å². The van der Waals surface area contributed by atoms with Gasteiger partial charge in [-0.25, -0.2) is 4.99 Å². The molecule has 3 heteroatoms. The topological polar surface area (TPSA) is 50.7 Å². The summed E-state index contributed by atoms with van der Waals surface area (Å²) >= 11 is 0. The van der Waals surface area contributed by atoms with Gasteiger partial charge in [0.1, 0.15) is 0 Å². The monoisotopic (exact) mass is 161 g/mol. The summed E-state index contributed by atoms with van der Waals surface area (Å²) in [7, 11) is 1.66. The third-order valence-corrected chi connectivity index (χ3v) is 1.56. The third-order valence-electron chi connectivity index (χ3n) is 1.56. The Balaban J connectivity index is 3.18. The summed E-state index contributed by atoms with van der Waals surface area (Å²) in [6, 6.07) is 7.44. The Hall–Kier alpha value is -1.64. The average molecular weight is 161 g/mol. The van der Waals surface area contributed by atoms with E-state index in [0.717, 1.165) is 5.56 Å². The Labute approximate surface area is 71.7 Å². The van der Waals surface area contributed by atoms with E-state index >= 15 is 0 Å². The molecule has 0 fully saturated rings. The lowest BCUT2D eigenvalue weighted by Gasteiger charge is -2.02. The van der Waals surface area contributed by atoms with Crippen molar-refractivity contribution in [3.8, 4) is 0 Å². The highest BCUT2D eigenvalue weighted by Crippen LogP contribution is 2.11. The normalized spacial score (nSPS) is 11.2. The number of hydrogen-bond acceptors (Lipinski definition) is 2. The molecule has 0 saturated carbocycles. The highest BCUT2D eigenvalue weighted by atomic mass is 14.9. The average Bonchev–Trinajstić information content (AvgIpc) is 2.10. The maximum atomic E-state index is 5.70. The molecular formula is C9H11N3. The lowest BCUT2D eigenvalue weighted by Crippen LogP contribution is -2.01. The van der Waals surface area contributed by atoms with Gasteiger partial charge in [-0.3, -0.25) is 4.99 Å². The Kier molecular flexibility index (Phi) is 2.58. The highest BCUT2D eigenvalue weighted by Gasteiger charge is 2.01. The molecule has 0 aliphatic heterocycles. The number of rotatable bonds is 1. The number of anilines is 1. The van der Waals surface area contributed by atoms with E-state index in [-0.39, 0.29) is 0 Å². The Bertz CT molecular complexity index is 315. The van der Waals surface area contributed by atoms with Crippen LogP contribution in [0.25, 0.3) is 0 Å². The van der Waals surface area contributed by atoms with E-state index in [2.05, 4.69) is 16.7 Å². The first-order chi connectivity index (χ1) is 5.79. The van der Waals surface area contributed by atoms with Gasteiger partial charge in [0.2, 0.25) is 0 Å². The molecule has 12 heavy (non-hydrogen) atoms. The molecule has 0 saturated heterocycles. The largest absolute Gasteiger partial charge is 0.398 e. The van der Waals surface area contributed by atoms with Gasteiger partial charge in [-0.05, 0) is 18.9 Å². The second-order valence-electron chi connectivity index (χ2n) is 2.29. The first-order valence-electron chi connectivity index (χ1n) is 3.58. The van der Waals surface area contributed by atoms with E-state index in [9.17, 15) is 0 Å². The van der Waals surface area contributed by atoms with Crippen molar-refractivity contribution in [1.29, 1.82) is 0 Å². The second-order valence-corrected chi connectivity index (χ2v) is 2.29. The number of nitrogen functional groups attached to an aromatic ring is 1. The van der Waals surface area contributed by atoms with Gasteiger partial charge >= 0.3 is 0 Å². The molecule has 1 aromatic carbocycles. The van der Waals surface area contributed by atoms with Crippen molar-refractivity contribution >= 4 is 18.2 Å². The van der Waals surface area contributed by atoms with E-state index in [1.807, 2.05) is 24.3 Å². The van der Waals surface area contributed by atoms with Crippen LogP contribution in [0.15, 0.2) is 34.3 Å². The quantitative estimate of drug-likeness (QED) is 0.377. The zero-order chi connectivity index (χ0) is 8.97. The van der Waals surface area contributed by atoms with Gasteiger partial charge < -0.3 is 5.73 Å². The van der Waals surface area contributed by atoms with Gasteiger partial charge in [-0.2, -0.15) is 0 Å². The Morgan fingerprint density at radius 1 is 1.42 bits per heavy atom. The van der Waals surface area contributed by atoms with E-state index in [0.29, 0.717) is 11.5 Å². The molecular weight excluding hydrogens is 150 g/mol. The van der Waals surface area contributed by atoms with Crippen LogP contribution in [0, 0.1) is 0 Å². The molecule has 2 N–H and O–H groups in total. The summed E-state index contributed by atoms with van der Waals surface area (Å²) in [6.45, 7) is 3.41. The van der Waals surface area contributed by atoms with Crippen molar-refractivity contribution < 1.29 is 0 Å². The van der Waals surface area contributed by atoms with Gasteiger partial charge in [-0.15, -0.1) is 0 Å². The SMILES string of the molecule is C=NC(=NC)c1ccccc1N. The zero-order valence-electron chi connectivity index (χ0n) is 6.99. The molecule has 0 bridgehead atoms. The molecule has 0 aliphatic carbocycles. The number of hydrogen-bond donors (Lipinski definition) is 1. The molecule has 0 atom stereocenters. The molecule has 0 aliphatic rings. The fraction of sp³-hybridized carbons (Fsp3) is 0.111. The van der Waals surface area contributed by atoms with Crippen LogP contribution < -0.4 is 5.73 Å². The Morgan fingerprint density at radius 2 is 2.08 bits per heavy atom. The fourth-order valence-electron chi connectivity index (χ4n) is 0.977. The van der Waals surface area contributed by atoms with Crippen LogP contribution in [0.2, 0.25) is 0 Å². The number of nitrogens with zero attached hydrogens (tertiary/aromatic N) is 2. The first-order valence-corrected chi connectivity index (χ1v) is 3.58. The minimum Gasteiger partial charge on any atom is -0.398 e. The number of nitrogens with two attached hydrogens (primary N) is 1. The van der Waals surface area contributed by atoms with E-state index in [1.165, 1.54) is 0 Å². The van der Waals surface area contributed by atoms with Crippen LogP contribution in [0.4, 0.5) is 5.69 Å². The van der Waals surface area contributed by atoms with Gasteiger partial charge in [0, 0.05) is 18.3 Å². The standard InChI is InChI=1S/C9H11N3/c1-11-9(12-2)7-5-3-4-6-8(7)10/h3-6H,1,10H2,2H3. The second kappa shape index (κ2) is 3.67. The van der Waals surface area contributed by atoms with Crippen LogP contribution in [-0.4, -0.2) is 19.6 Å². The molecule has 0 spiro atoms. The molecule has 0 unspecified atom stereocenters. The van der Waals surface area contributed by atoms with Crippen molar-refractivity contribution in [2.75, 3.05) is 12.8 Å². The van der Waals surface area contributed by atoms with Crippen LogP contribution in [0.1, 0.15) is 5.56 Å². The van der Waals surface area contributed by atoms with Gasteiger partial charge in [0.15, 0.2) is 5.84 Å². The molecule has 3 nitrogen and oxygen atoms in total. The third kappa shape index (κ3) is 1.50. The minimum atomic E-state index is 0.577. The van der Waals surface area contributed by atoms with E-state index in [1.54, 1.807) is 7.05 Å². The summed E-state index contributed by atoms with van der Waals surface area (Å²) in [5, 5.41) is 0. The molecule has 0 radical (unpaired) electrons. The number of amidine groups is 1. The van der Waals surface area contributed by atoms with Crippen molar-refractivity contribution in [3.05, 3.63) is 29.8 Å². The number of para-hydroxylation sites is 1. The Morgan fingerprint density at radius 3 is 2.58 bits per heavy atom. The molecule has 1 rings (SSSR count). The molecule has 0 heterocycles. The van der Waals surface area contributed by atoms with Crippen molar-refractivity contribution in [1.82, 2.24) is 0 Å². The van der Waals surface area contributed by atoms with Crippen molar-refractivity contribution in [2.45, 2.75) is 0 Å². The van der Waals surface area contributed by atoms with Crippen molar-refractivity contribution in [3.63, 3.8) is 0 Å². The minimum absolute atomic E-state index is 0.577.